The summed E-state index contributed by atoms with van der Waals surface area (Å²) in [7, 11) is 0. The fourth-order valence-corrected chi connectivity index (χ4v) is 2.26. The van der Waals surface area contributed by atoms with Gasteiger partial charge in [0.05, 0.1) is 6.04 Å². The van der Waals surface area contributed by atoms with Crippen molar-refractivity contribution in [3.8, 4) is 0 Å². The molecule has 0 aliphatic carbocycles. The third-order valence-corrected chi connectivity index (χ3v) is 3.55. The van der Waals surface area contributed by atoms with Gasteiger partial charge in [0.15, 0.2) is 11.6 Å². The van der Waals surface area contributed by atoms with Gasteiger partial charge in [0.1, 0.15) is 0 Å². The molecule has 1 amide bonds. The number of nitrogens with one attached hydrogen (secondary N) is 1. The first-order valence-electron chi connectivity index (χ1n) is 5.37. The van der Waals surface area contributed by atoms with E-state index in [4.69, 9.17) is 0 Å². The van der Waals surface area contributed by atoms with Crippen LogP contribution in [0, 0.1) is 11.6 Å². The molecule has 0 bridgehead atoms. The van der Waals surface area contributed by atoms with Crippen LogP contribution in [0.3, 0.4) is 0 Å². The van der Waals surface area contributed by atoms with Gasteiger partial charge in [-0.3, -0.25) is 4.79 Å². The standard InChI is InChI=1S/C13H11F2NOS/c1-8(12-3-2-6-18-12)16-13(17)9-4-5-10(14)11(15)7-9/h2-8H,1H3,(H,16,17). The van der Waals surface area contributed by atoms with Crippen LogP contribution in [0.25, 0.3) is 0 Å². The number of halogens is 2. The molecule has 1 aromatic heterocycles. The highest BCUT2D eigenvalue weighted by Crippen LogP contribution is 2.19. The van der Waals surface area contributed by atoms with Crippen molar-refractivity contribution in [2.45, 2.75) is 13.0 Å². The molecular weight excluding hydrogens is 256 g/mol. The van der Waals surface area contributed by atoms with E-state index in [9.17, 15) is 13.6 Å². The van der Waals surface area contributed by atoms with E-state index in [1.54, 1.807) is 0 Å². The van der Waals surface area contributed by atoms with Crippen molar-refractivity contribution in [2.24, 2.45) is 0 Å². The van der Waals surface area contributed by atoms with E-state index in [-0.39, 0.29) is 11.6 Å². The Morgan fingerprint density at radius 1 is 1.28 bits per heavy atom. The van der Waals surface area contributed by atoms with Crippen molar-refractivity contribution in [3.63, 3.8) is 0 Å². The Morgan fingerprint density at radius 3 is 2.67 bits per heavy atom. The van der Waals surface area contributed by atoms with Crippen molar-refractivity contribution in [1.82, 2.24) is 5.32 Å². The van der Waals surface area contributed by atoms with Gasteiger partial charge in [-0.2, -0.15) is 0 Å². The van der Waals surface area contributed by atoms with Crippen LogP contribution < -0.4 is 5.32 Å². The highest BCUT2D eigenvalue weighted by Gasteiger charge is 2.13. The van der Waals surface area contributed by atoms with Crippen LogP contribution in [0.4, 0.5) is 8.78 Å². The first-order chi connectivity index (χ1) is 8.58. The number of rotatable bonds is 3. The molecule has 1 heterocycles. The van der Waals surface area contributed by atoms with Gasteiger partial charge in [-0.05, 0) is 36.6 Å². The second-order valence-electron chi connectivity index (χ2n) is 3.84. The Bertz CT molecular complexity index is 554. The summed E-state index contributed by atoms with van der Waals surface area (Å²) >= 11 is 1.53. The predicted octanol–water partition coefficient (Wildman–Crippen LogP) is 3.52. The molecule has 0 radical (unpaired) electrons. The lowest BCUT2D eigenvalue weighted by Crippen LogP contribution is -2.26. The molecule has 0 aliphatic rings. The van der Waals surface area contributed by atoms with E-state index in [0.717, 1.165) is 17.0 Å². The fraction of sp³-hybridized carbons (Fsp3) is 0.154. The summed E-state index contributed by atoms with van der Waals surface area (Å²) in [5, 5.41) is 4.64. The van der Waals surface area contributed by atoms with E-state index in [2.05, 4.69) is 5.32 Å². The molecule has 94 valence electrons. The van der Waals surface area contributed by atoms with Gasteiger partial charge in [0.2, 0.25) is 0 Å². The topological polar surface area (TPSA) is 29.1 Å². The Labute approximate surface area is 107 Å². The molecule has 2 rings (SSSR count). The molecule has 0 spiro atoms. The molecule has 2 aromatic rings. The van der Waals surface area contributed by atoms with Crippen LogP contribution in [0.5, 0.6) is 0 Å². The highest BCUT2D eigenvalue weighted by molar-refractivity contribution is 7.10. The number of hydrogen-bond donors (Lipinski definition) is 1. The second-order valence-corrected chi connectivity index (χ2v) is 4.82. The quantitative estimate of drug-likeness (QED) is 0.905. The van der Waals surface area contributed by atoms with E-state index >= 15 is 0 Å². The van der Waals surface area contributed by atoms with Crippen molar-refractivity contribution in [2.75, 3.05) is 0 Å². The van der Waals surface area contributed by atoms with E-state index in [1.807, 2.05) is 24.4 Å². The van der Waals surface area contributed by atoms with E-state index < -0.39 is 17.5 Å². The molecule has 1 N–H and O–H groups in total. The molecule has 5 heteroatoms. The highest BCUT2D eigenvalue weighted by atomic mass is 32.1. The van der Waals surface area contributed by atoms with Crippen molar-refractivity contribution in [3.05, 3.63) is 57.8 Å². The minimum atomic E-state index is -1.02. The van der Waals surface area contributed by atoms with Crippen LogP contribution >= 0.6 is 11.3 Å². The van der Waals surface area contributed by atoms with E-state index in [1.165, 1.54) is 17.4 Å². The largest absolute Gasteiger partial charge is 0.345 e. The number of carbonyl (C=O) groups excluding carboxylic acids is 1. The second kappa shape index (κ2) is 5.27. The Hall–Kier alpha value is -1.75. The fourth-order valence-electron chi connectivity index (χ4n) is 1.53. The summed E-state index contributed by atoms with van der Waals surface area (Å²) in [5.41, 5.74) is 0.109. The number of hydrogen-bond acceptors (Lipinski definition) is 2. The van der Waals surface area contributed by atoms with Crippen molar-refractivity contribution < 1.29 is 13.6 Å². The minimum Gasteiger partial charge on any atom is -0.345 e. The summed E-state index contributed by atoms with van der Waals surface area (Å²) in [5.74, 6) is -2.40. The third-order valence-electron chi connectivity index (χ3n) is 2.50. The zero-order chi connectivity index (χ0) is 13.1. The average molecular weight is 267 g/mol. The van der Waals surface area contributed by atoms with Crippen LogP contribution in [0.1, 0.15) is 28.2 Å². The summed E-state index contributed by atoms with van der Waals surface area (Å²) < 4.78 is 25.7. The Morgan fingerprint density at radius 2 is 2.06 bits per heavy atom. The maximum Gasteiger partial charge on any atom is 0.251 e. The molecule has 18 heavy (non-hydrogen) atoms. The predicted molar refractivity (Wildman–Crippen MR) is 66.6 cm³/mol. The van der Waals surface area contributed by atoms with E-state index in [0.29, 0.717) is 0 Å². The third kappa shape index (κ3) is 2.73. The molecule has 0 fully saturated rings. The number of amides is 1. The number of benzene rings is 1. The normalized spacial score (nSPS) is 12.2. The smallest absolute Gasteiger partial charge is 0.251 e. The van der Waals surface area contributed by atoms with Crippen molar-refractivity contribution in [1.29, 1.82) is 0 Å². The molecule has 0 saturated carbocycles. The number of thiophene rings is 1. The van der Waals surface area contributed by atoms with Gasteiger partial charge in [-0.25, -0.2) is 8.78 Å². The van der Waals surface area contributed by atoms with Crippen LogP contribution in [0.2, 0.25) is 0 Å². The summed E-state index contributed by atoms with van der Waals surface area (Å²) in [4.78, 5) is 12.8. The van der Waals surface area contributed by atoms with Gasteiger partial charge in [-0.15, -0.1) is 11.3 Å². The maximum absolute atomic E-state index is 13.0. The lowest BCUT2D eigenvalue weighted by molar-refractivity contribution is 0.0940. The summed E-state index contributed by atoms with van der Waals surface area (Å²) in [6.45, 7) is 1.84. The number of carbonyl (C=O) groups is 1. The molecule has 0 saturated heterocycles. The monoisotopic (exact) mass is 267 g/mol. The molecular formula is C13H11F2NOS. The van der Waals surface area contributed by atoms with Crippen LogP contribution in [-0.2, 0) is 0 Å². The van der Waals surface area contributed by atoms with Gasteiger partial charge in [-0.1, -0.05) is 6.07 Å². The average Bonchev–Trinajstić information content (AvgIpc) is 2.86. The van der Waals surface area contributed by atoms with Crippen LogP contribution in [-0.4, -0.2) is 5.91 Å². The first-order valence-corrected chi connectivity index (χ1v) is 6.25. The zero-order valence-electron chi connectivity index (χ0n) is 9.61. The zero-order valence-corrected chi connectivity index (χ0v) is 10.4. The molecule has 2 nitrogen and oxygen atoms in total. The molecule has 1 unspecified atom stereocenters. The van der Waals surface area contributed by atoms with Gasteiger partial charge < -0.3 is 5.32 Å². The van der Waals surface area contributed by atoms with Gasteiger partial charge in [0.25, 0.3) is 5.91 Å². The maximum atomic E-state index is 13.0. The minimum absolute atomic E-state index is 0.109. The molecule has 1 atom stereocenters. The van der Waals surface area contributed by atoms with Crippen molar-refractivity contribution >= 4 is 17.2 Å². The Kier molecular flexibility index (Phi) is 3.72. The lowest BCUT2D eigenvalue weighted by atomic mass is 10.2. The first kappa shape index (κ1) is 12.7. The van der Waals surface area contributed by atoms with Gasteiger partial charge in [0, 0.05) is 10.4 Å². The molecule has 1 aromatic carbocycles. The SMILES string of the molecule is CC(NC(=O)c1ccc(F)c(F)c1)c1cccs1. The summed E-state index contributed by atoms with van der Waals surface area (Å²) in [6.07, 6.45) is 0. The molecule has 0 aliphatic heterocycles. The lowest BCUT2D eigenvalue weighted by Gasteiger charge is -2.12. The Balaban J connectivity index is 2.10. The van der Waals surface area contributed by atoms with Gasteiger partial charge >= 0.3 is 0 Å². The van der Waals surface area contributed by atoms with Crippen LogP contribution in [0.15, 0.2) is 35.7 Å². The summed E-state index contributed by atoms with van der Waals surface area (Å²) in [6, 6.07) is 6.73.